The summed E-state index contributed by atoms with van der Waals surface area (Å²) in [6.45, 7) is 0.998. The van der Waals surface area contributed by atoms with Crippen LogP contribution in [0.15, 0.2) is 24.3 Å². The molecule has 1 atom stereocenters. The third kappa shape index (κ3) is 1.15. The molecule has 1 heterocycles. The first kappa shape index (κ1) is 6.83. The molecule has 0 amide bonds. The van der Waals surface area contributed by atoms with Crippen molar-refractivity contribution in [2.24, 2.45) is 5.73 Å². The van der Waals surface area contributed by atoms with Gasteiger partial charge in [-0.1, -0.05) is 24.3 Å². The Kier molecular flexibility index (Phi) is 1.64. The second-order valence-electron chi connectivity index (χ2n) is 2.88. The number of rotatable bonds is 0. The molecule has 0 bridgehead atoms. The smallest absolute Gasteiger partial charge is 0.0812 e. The SMILES string of the molecule is N[C@H]1NCCc2ccccc21. The monoisotopic (exact) mass is 148 g/mol. The van der Waals surface area contributed by atoms with Crippen LogP contribution in [-0.2, 0) is 6.42 Å². The van der Waals surface area contributed by atoms with E-state index in [-0.39, 0.29) is 6.17 Å². The quantitative estimate of drug-likeness (QED) is 0.571. The van der Waals surface area contributed by atoms with Gasteiger partial charge >= 0.3 is 0 Å². The molecule has 2 rings (SSSR count). The largest absolute Gasteiger partial charge is 0.312 e. The maximum Gasteiger partial charge on any atom is 0.0812 e. The summed E-state index contributed by atoms with van der Waals surface area (Å²) in [6.07, 6.45) is 1.14. The summed E-state index contributed by atoms with van der Waals surface area (Å²) < 4.78 is 0. The number of benzene rings is 1. The Morgan fingerprint density at radius 2 is 2.18 bits per heavy atom. The molecule has 0 unspecified atom stereocenters. The van der Waals surface area contributed by atoms with Crippen molar-refractivity contribution in [1.29, 1.82) is 0 Å². The molecule has 58 valence electrons. The standard InChI is InChI=1S/C9H12N2/c10-9-8-4-2-1-3-7(8)5-6-11-9/h1-4,9,11H,5-6,10H2/t9-/m0/s1. The average molecular weight is 148 g/mol. The summed E-state index contributed by atoms with van der Waals surface area (Å²) in [6, 6.07) is 8.34. The predicted octanol–water partition coefficient (Wildman–Crippen LogP) is 0.790. The first-order valence-electron chi connectivity index (χ1n) is 3.95. The fourth-order valence-electron chi connectivity index (χ4n) is 1.54. The van der Waals surface area contributed by atoms with Gasteiger partial charge in [0.25, 0.3) is 0 Å². The van der Waals surface area contributed by atoms with Gasteiger partial charge in [0.15, 0.2) is 0 Å². The van der Waals surface area contributed by atoms with Crippen LogP contribution in [0.25, 0.3) is 0 Å². The van der Waals surface area contributed by atoms with Crippen molar-refractivity contribution >= 4 is 0 Å². The van der Waals surface area contributed by atoms with Gasteiger partial charge in [0.05, 0.1) is 6.17 Å². The van der Waals surface area contributed by atoms with Crippen LogP contribution in [0.2, 0.25) is 0 Å². The molecule has 0 fully saturated rings. The molecule has 2 heteroatoms. The van der Waals surface area contributed by atoms with Crippen LogP contribution in [0.3, 0.4) is 0 Å². The molecule has 11 heavy (non-hydrogen) atoms. The van der Waals surface area contributed by atoms with E-state index in [4.69, 9.17) is 5.73 Å². The van der Waals surface area contributed by atoms with Crippen LogP contribution in [0.5, 0.6) is 0 Å². The van der Waals surface area contributed by atoms with Crippen molar-refractivity contribution in [3.8, 4) is 0 Å². The molecule has 1 aliphatic heterocycles. The minimum atomic E-state index is 0.0416. The molecule has 3 N–H and O–H groups in total. The second kappa shape index (κ2) is 2.64. The Hall–Kier alpha value is -0.860. The van der Waals surface area contributed by atoms with Gasteiger partial charge in [-0.25, -0.2) is 0 Å². The molecule has 0 aliphatic carbocycles. The van der Waals surface area contributed by atoms with E-state index in [1.165, 1.54) is 11.1 Å². The van der Waals surface area contributed by atoms with Gasteiger partial charge in [0.2, 0.25) is 0 Å². The Labute approximate surface area is 66.4 Å². The summed E-state index contributed by atoms with van der Waals surface area (Å²) in [5, 5.41) is 3.22. The van der Waals surface area contributed by atoms with E-state index in [1.54, 1.807) is 0 Å². The zero-order valence-electron chi connectivity index (χ0n) is 6.38. The van der Waals surface area contributed by atoms with Gasteiger partial charge in [0.1, 0.15) is 0 Å². The number of hydrogen-bond donors (Lipinski definition) is 2. The van der Waals surface area contributed by atoms with E-state index in [9.17, 15) is 0 Å². The molecule has 0 aromatic heterocycles. The third-order valence-electron chi connectivity index (χ3n) is 2.15. The lowest BCUT2D eigenvalue weighted by atomic mass is 9.99. The fraction of sp³-hybridized carbons (Fsp3) is 0.333. The highest BCUT2D eigenvalue weighted by atomic mass is 15.0. The number of hydrogen-bond acceptors (Lipinski definition) is 2. The molecule has 2 nitrogen and oxygen atoms in total. The van der Waals surface area contributed by atoms with Crippen molar-refractivity contribution in [3.05, 3.63) is 35.4 Å². The lowest BCUT2D eigenvalue weighted by Crippen LogP contribution is -2.35. The maximum absolute atomic E-state index is 5.84. The highest BCUT2D eigenvalue weighted by Crippen LogP contribution is 2.17. The van der Waals surface area contributed by atoms with Crippen molar-refractivity contribution in [3.63, 3.8) is 0 Å². The first-order chi connectivity index (χ1) is 5.38. The number of nitrogens with two attached hydrogens (primary N) is 1. The molecule has 1 aliphatic rings. The molecule has 0 spiro atoms. The highest BCUT2D eigenvalue weighted by molar-refractivity contribution is 5.31. The summed E-state index contributed by atoms with van der Waals surface area (Å²) in [5.41, 5.74) is 8.47. The molecule has 0 saturated heterocycles. The number of nitrogens with one attached hydrogen (secondary N) is 1. The van der Waals surface area contributed by atoms with Gasteiger partial charge in [0, 0.05) is 6.54 Å². The third-order valence-corrected chi connectivity index (χ3v) is 2.15. The molecule has 1 aromatic rings. The normalized spacial score (nSPS) is 22.8. The van der Waals surface area contributed by atoms with E-state index < -0.39 is 0 Å². The summed E-state index contributed by atoms with van der Waals surface area (Å²) in [4.78, 5) is 0. The zero-order valence-corrected chi connectivity index (χ0v) is 6.38. The van der Waals surface area contributed by atoms with E-state index in [2.05, 4.69) is 23.5 Å². The predicted molar refractivity (Wildman–Crippen MR) is 45.1 cm³/mol. The minimum Gasteiger partial charge on any atom is -0.312 e. The molecule has 0 radical (unpaired) electrons. The van der Waals surface area contributed by atoms with Gasteiger partial charge in [-0.15, -0.1) is 0 Å². The summed E-state index contributed by atoms with van der Waals surface area (Å²) >= 11 is 0. The first-order valence-corrected chi connectivity index (χ1v) is 3.95. The molecular weight excluding hydrogens is 136 g/mol. The average Bonchev–Trinajstić information content (AvgIpc) is 2.06. The van der Waals surface area contributed by atoms with Crippen molar-refractivity contribution < 1.29 is 0 Å². The van der Waals surface area contributed by atoms with E-state index >= 15 is 0 Å². The zero-order chi connectivity index (χ0) is 7.68. The fourth-order valence-corrected chi connectivity index (χ4v) is 1.54. The molecule has 1 aromatic carbocycles. The van der Waals surface area contributed by atoms with Crippen LogP contribution in [0.4, 0.5) is 0 Å². The van der Waals surface area contributed by atoms with Crippen LogP contribution < -0.4 is 11.1 Å². The molecular formula is C9H12N2. The van der Waals surface area contributed by atoms with Crippen LogP contribution in [0.1, 0.15) is 17.3 Å². The Morgan fingerprint density at radius 3 is 3.00 bits per heavy atom. The Balaban J connectivity index is 2.44. The van der Waals surface area contributed by atoms with E-state index in [1.807, 2.05) is 6.07 Å². The number of fused-ring (bicyclic) bond motifs is 1. The van der Waals surface area contributed by atoms with Crippen molar-refractivity contribution in [2.75, 3.05) is 6.54 Å². The van der Waals surface area contributed by atoms with Crippen LogP contribution in [0, 0.1) is 0 Å². The maximum atomic E-state index is 5.84. The lowest BCUT2D eigenvalue weighted by molar-refractivity contribution is 0.521. The highest BCUT2D eigenvalue weighted by Gasteiger charge is 2.13. The lowest BCUT2D eigenvalue weighted by Gasteiger charge is -2.23. The van der Waals surface area contributed by atoms with Crippen molar-refractivity contribution in [2.45, 2.75) is 12.6 Å². The second-order valence-corrected chi connectivity index (χ2v) is 2.88. The van der Waals surface area contributed by atoms with Crippen LogP contribution >= 0.6 is 0 Å². The molecule has 0 saturated carbocycles. The van der Waals surface area contributed by atoms with Gasteiger partial charge in [-0.2, -0.15) is 0 Å². The Morgan fingerprint density at radius 1 is 1.36 bits per heavy atom. The van der Waals surface area contributed by atoms with Crippen molar-refractivity contribution in [1.82, 2.24) is 5.32 Å². The summed E-state index contributed by atoms with van der Waals surface area (Å²) in [7, 11) is 0. The van der Waals surface area contributed by atoms with E-state index in [0.717, 1.165) is 13.0 Å². The summed E-state index contributed by atoms with van der Waals surface area (Å²) in [5.74, 6) is 0. The van der Waals surface area contributed by atoms with Gasteiger partial charge < -0.3 is 5.73 Å². The van der Waals surface area contributed by atoms with Gasteiger partial charge in [-0.05, 0) is 17.5 Å². The topological polar surface area (TPSA) is 38.0 Å². The van der Waals surface area contributed by atoms with Crippen LogP contribution in [-0.4, -0.2) is 6.54 Å². The Bertz CT molecular complexity index is 257. The van der Waals surface area contributed by atoms with Gasteiger partial charge in [-0.3, -0.25) is 5.32 Å². The van der Waals surface area contributed by atoms with E-state index in [0.29, 0.717) is 0 Å². The minimum absolute atomic E-state index is 0.0416.